The van der Waals surface area contributed by atoms with Crippen molar-refractivity contribution in [2.24, 2.45) is 0 Å². The van der Waals surface area contributed by atoms with Crippen LogP contribution in [0.15, 0.2) is 12.2 Å². The zero-order chi connectivity index (χ0) is 10.1. The third-order valence-electron chi connectivity index (χ3n) is 3.15. The van der Waals surface area contributed by atoms with Crippen molar-refractivity contribution in [2.75, 3.05) is 19.6 Å². The van der Waals surface area contributed by atoms with Gasteiger partial charge < -0.3 is 4.90 Å². The Labute approximate surface area is 85.4 Å². The smallest absolute Gasteiger partial charge is 0.226 e. The van der Waals surface area contributed by atoms with Gasteiger partial charge in [0.2, 0.25) is 5.91 Å². The second-order valence-electron chi connectivity index (χ2n) is 4.38. The summed E-state index contributed by atoms with van der Waals surface area (Å²) in [4.78, 5) is 16.0. The summed E-state index contributed by atoms with van der Waals surface area (Å²) in [6.07, 6.45) is 4.78. The van der Waals surface area contributed by atoms with Crippen molar-refractivity contribution in [3.8, 4) is 0 Å². The molecule has 0 saturated carbocycles. The minimum Gasteiger partial charge on any atom is -0.333 e. The number of amides is 1. The first kappa shape index (κ1) is 9.71. The number of hydrogen-bond acceptors (Lipinski definition) is 2. The minimum absolute atomic E-state index is 0.293. The summed E-state index contributed by atoms with van der Waals surface area (Å²) in [5.74, 6) is 0.293. The molecular weight excluding hydrogens is 176 g/mol. The Bertz CT molecular complexity index is 260. The lowest BCUT2D eigenvalue weighted by Gasteiger charge is -2.43. The molecule has 1 fully saturated rings. The fourth-order valence-corrected chi connectivity index (χ4v) is 2.22. The van der Waals surface area contributed by atoms with Crippen molar-refractivity contribution < 1.29 is 4.79 Å². The van der Waals surface area contributed by atoms with E-state index in [0.29, 0.717) is 24.4 Å². The predicted molar refractivity (Wildman–Crippen MR) is 56.0 cm³/mol. The summed E-state index contributed by atoms with van der Waals surface area (Å²) < 4.78 is 0. The van der Waals surface area contributed by atoms with Gasteiger partial charge in [0.05, 0.1) is 6.04 Å². The van der Waals surface area contributed by atoms with E-state index in [1.54, 1.807) is 0 Å². The second-order valence-corrected chi connectivity index (χ2v) is 4.38. The summed E-state index contributed by atoms with van der Waals surface area (Å²) in [6, 6.07) is 0.912. The Kier molecular flexibility index (Phi) is 2.59. The summed E-state index contributed by atoms with van der Waals surface area (Å²) >= 11 is 0. The van der Waals surface area contributed by atoms with Gasteiger partial charge >= 0.3 is 0 Å². The van der Waals surface area contributed by atoms with Crippen LogP contribution >= 0.6 is 0 Å². The normalized spacial score (nSPS) is 28.4. The van der Waals surface area contributed by atoms with Crippen LogP contribution in [0.4, 0.5) is 0 Å². The molecule has 1 amide bonds. The first-order chi connectivity index (χ1) is 6.68. The Balaban J connectivity index is 2.06. The molecule has 0 spiro atoms. The number of hydrogen-bond donors (Lipinski definition) is 0. The van der Waals surface area contributed by atoms with Crippen molar-refractivity contribution in [3.05, 3.63) is 12.2 Å². The molecule has 2 heterocycles. The highest BCUT2D eigenvalue weighted by atomic mass is 16.2. The molecule has 1 saturated heterocycles. The maximum atomic E-state index is 11.6. The maximum Gasteiger partial charge on any atom is 0.226 e. The molecule has 0 unspecified atom stereocenters. The lowest BCUT2D eigenvalue weighted by Crippen LogP contribution is -2.56. The van der Waals surface area contributed by atoms with Crippen LogP contribution in [-0.4, -0.2) is 47.4 Å². The van der Waals surface area contributed by atoms with Crippen LogP contribution in [0, 0.1) is 0 Å². The molecule has 2 aliphatic rings. The van der Waals surface area contributed by atoms with Crippen LogP contribution in [-0.2, 0) is 4.79 Å². The lowest BCUT2D eigenvalue weighted by molar-refractivity contribution is -0.135. The SMILES string of the molecule is CC(C)N1CCN2C(=O)CC=C[C@H]2C1. The Morgan fingerprint density at radius 2 is 2.21 bits per heavy atom. The van der Waals surface area contributed by atoms with E-state index in [-0.39, 0.29) is 0 Å². The van der Waals surface area contributed by atoms with Gasteiger partial charge in [0, 0.05) is 32.1 Å². The van der Waals surface area contributed by atoms with Crippen LogP contribution < -0.4 is 0 Å². The molecule has 0 aromatic rings. The van der Waals surface area contributed by atoms with Gasteiger partial charge in [-0.25, -0.2) is 0 Å². The number of piperazine rings is 1. The number of nitrogens with zero attached hydrogens (tertiary/aromatic N) is 2. The quantitative estimate of drug-likeness (QED) is 0.578. The first-order valence-electron chi connectivity index (χ1n) is 5.38. The number of fused-ring (bicyclic) bond motifs is 1. The number of carbonyl (C=O) groups is 1. The van der Waals surface area contributed by atoms with Gasteiger partial charge in [-0.3, -0.25) is 9.69 Å². The topological polar surface area (TPSA) is 23.6 Å². The molecule has 0 aromatic heterocycles. The van der Waals surface area contributed by atoms with Crippen molar-refractivity contribution in [1.82, 2.24) is 9.80 Å². The van der Waals surface area contributed by atoms with E-state index in [9.17, 15) is 4.79 Å². The van der Waals surface area contributed by atoms with Gasteiger partial charge in [-0.1, -0.05) is 12.2 Å². The maximum absolute atomic E-state index is 11.6. The molecule has 78 valence electrons. The van der Waals surface area contributed by atoms with Gasteiger partial charge in [0.15, 0.2) is 0 Å². The summed E-state index contributed by atoms with van der Waals surface area (Å²) in [7, 11) is 0. The van der Waals surface area contributed by atoms with Crippen LogP contribution in [0.3, 0.4) is 0 Å². The summed E-state index contributed by atoms with van der Waals surface area (Å²) in [6.45, 7) is 7.34. The average Bonchev–Trinajstić information content (AvgIpc) is 2.17. The molecule has 1 atom stereocenters. The fourth-order valence-electron chi connectivity index (χ4n) is 2.22. The Morgan fingerprint density at radius 1 is 1.43 bits per heavy atom. The highest BCUT2D eigenvalue weighted by molar-refractivity contribution is 5.79. The van der Waals surface area contributed by atoms with Crippen LogP contribution in [0.5, 0.6) is 0 Å². The third kappa shape index (κ3) is 1.69. The van der Waals surface area contributed by atoms with Crippen LogP contribution in [0.25, 0.3) is 0 Å². The van der Waals surface area contributed by atoms with Gasteiger partial charge in [-0.15, -0.1) is 0 Å². The number of carbonyl (C=O) groups excluding carboxylic acids is 1. The summed E-state index contributed by atoms with van der Waals surface area (Å²) in [5.41, 5.74) is 0. The molecule has 0 aromatic carbocycles. The average molecular weight is 194 g/mol. The fraction of sp³-hybridized carbons (Fsp3) is 0.727. The van der Waals surface area contributed by atoms with Crippen molar-refractivity contribution in [3.63, 3.8) is 0 Å². The molecule has 3 heteroatoms. The minimum atomic E-state index is 0.293. The van der Waals surface area contributed by atoms with E-state index in [1.807, 2.05) is 11.0 Å². The number of rotatable bonds is 1. The molecule has 0 aliphatic carbocycles. The highest BCUT2D eigenvalue weighted by Crippen LogP contribution is 2.18. The van der Waals surface area contributed by atoms with Crippen molar-refractivity contribution >= 4 is 5.91 Å². The summed E-state index contributed by atoms with van der Waals surface area (Å²) in [5, 5.41) is 0. The largest absolute Gasteiger partial charge is 0.333 e. The van der Waals surface area contributed by atoms with Crippen molar-refractivity contribution in [2.45, 2.75) is 32.4 Å². The zero-order valence-electron chi connectivity index (χ0n) is 8.94. The molecule has 0 radical (unpaired) electrons. The van der Waals surface area contributed by atoms with E-state index in [0.717, 1.165) is 19.6 Å². The van der Waals surface area contributed by atoms with Gasteiger partial charge in [0.1, 0.15) is 0 Å². The van der Waals surface area contributed by atoms with E-state index in [2.05, 4.69) is 24.8 Å². The van der Waals surface area contributed by atoms with E-state index in [1.165, 1.54) is 0 Å². The van der Waals surface area contributed by atoms with Crippen LogP contribution in [0.2, 0.25) is 0 Å². The standard InChI is InChI=1S/C11H18N2O/c1-9(2)12-6-7-13-10(8-12)4-3-5-11(13)14/h3-4,9-10H,5-8H2,1-2H3/t10-/m0/s1. The third-order valence-corrected chi connectivity index (χ3v) is 3.15. The zero-order valence-corrected chi connectivity index (χ0v) is 8.94. The van der Waals surface area contributed by atoms with Gasteiger partial charge in [-0.2, -0.15) is 0 Å². The molecule has 14 heavy (non-hydrogen) atoms. The van der Waals surface area contributed by atoms with Crippen LogP contribution in [0.1, 0.15) is 20.3 Å². The van der Waals surface area contributed by atoms with E-state index >= 15 is 0 Å². The van der Waals surface area contributed by atoms with E-state index in [4.69, 9.17) is 0 Å². The Hall–Kier alpha value is -0.830. The lowest BCUT2D eigenvalue weighted by atomic mass is 10.1. The monoisotopic (exact) mass is 194 g/mol. The highest BCUT2D eigenvalue weighted by Gasteiger charge is 2.30. The first-order valence-corrected chi connectivity index (χ1v) is 5.38. The van der Waals surface area contributed by atoms with Crippen molar-refractivity contribution in [1.29, 1.82) is 0 Å². The molecule has 3 nitrogen and oxygen atoms in total. The molecule has 0 bridgehead atoms. The second kappa shape index (κ2) is 3.73. The molecule has 0 N–H and O–H groups in total. The van der Waals surface area contributed by atoms with Gasteiger partial charge in [0.25, 0.3) is 0 Å². The Morgan fingerprint density at radius 3 is 2.93 bits per heavy atom. The molecular formula is C11H18N2O. The predicted octanol–water partition coefficient (Wildman–Crippen LogP) is 0.867. The van der Waals surface area contributed by atoms with E-state index < -0.39 is 0 Å². The molecule has 2 rings (SSSR count). The molecule has 2 aliphatic heterocycles. The van der Waals surface area contributed by atoms with Gasteiger partial charge in [-0.05, 0) is 13.8 Å².